The van der Waals surface area contributed by atoms with Crippen molar-refractivity contribution in [1.29, 1.82) is 0 Å². The first-order valence-corrected chi connectivity index (χ1v) is 8.55. The molecule has 0 atom stereocenters. The van der Waals surface area contributed by atoms with Gasteiger partial charge in [0.15, 0.2) is 0 Å². The Morgan fingerprint density at radius 3 is 2.39 bits per heavy atom. The minimum Gasteiger partial charge on any atom is -0.465 e. The molecule has 148 valence electrons. The maximum Gasteiger partial charge on any atom is 0.411 e. The molecular formula is C20H18F3NO4. The Morgan fingerprint density at radius 1 is 1.07 bits per heavy atom. The lowest BCUT2D eigenvalue weighted by atomic mass is 10.1. The standard InChI is InChI=1S/C20H18F3NO4/c1-27-19(26)16-6-7-17-15(10-16)8-9-24(17)18(25)14-4-2-13(3-5-14)11-28-12-20(21,22)23/h2-7,10H,8-9,11-12H2,1H3. The summed E-state index contributed by atoms with van der Waals surface area (Å²) in [5.41, 5.74) is 3.01. The third-order valence-electron chi connectivity index (χ3n) is 4.38. The number of hydrogen-bond donors (Lipinski definition) is 0. The Morgan fingerprint density at radius 2 is 1.75 bits per heavy atom. The number of rotatable bonds is 5. The molecule has 1 amide bonds. The number of alkyl halides is 3. The van der Waals surface area contributed by atoms with Crippen LogP contribution in [-0.2, 0) is 22.5 Å². The van der Waals surface area contributed by atoms with Crippen molar-refractivity contribution >= 4 is 17.6 Å². The number of carbonyl (C=O) groups is 2. The Labute approximate surface area is 159 Å². The van der Waals surface area contributed by atoms with E-state index in [0.29, 0.717) is 29.7 Å². The fourth-order valence-corrected chi connectivity index (χ4v) is 3.04. The molecular weight excluding hydrogens is 375 g/mol. The lowest BCUT2D eigenvalue weighted by Crippen LogP contribution is -2.28. The third kappa shape index (κ3) is 4.51. The molecule has 1 heterocycles. The monoisotopic (exact) mass is 393 g/mol. The largest absolute Gasteiger partial charge is 0.465 e. The predicted molar refractivity (Wildman–Crippen MR) is 95.3 cm³/mol. The van der Waals surface area contributed by atoms with Gasteiger partial charge in [-0.1, -0.05) is 12.1 Å². The van der Waals surface area contributed by atoms with Crippen LogP contribution >= 0.6 is 0 Å². The second-order valence-corrected chi connectivity index (χ2v) is 6.35. The first-order chi connectivity index (χ1) is 13.3. The number of esters is 1. The van der Waals surface area contributed by atoms with Crippen LogP contribution in [0.1, 0.15) is 31.8 Å². The molecule has 3 rings (SSSR count). The Balaban J connectivity index is 1.68. The van der Waals surface area contributed by atoms with Crippen molar-refractivity contribution in [3.63, 3.8) is 0 Å². The summed E-state index contributed by atoms with van der Waals surface area (Å²) < 4.78 is 45.7. The maximum absolute atomic E-state index is 12.8. The van der Waals surface area contributed by atoms with Crippen molar-refractivity contribution in [2.24, 2.45) is 0 Å². The van der Waals surface area contributed by atoms with Gasteiger partial charge >= 0.3 is 12.1 Å². The SMILES string of the molecule is COC(=O)c1ccc2c(c1)CCN2C(=O)c1ccc(COCC(F)(F)F)cc1. The second-order valence-electron chi connectivity index (χ2n) is 6.35. The molecule has 0 fully saturated rings. The van der Waals surface area contributed by atoms with Gasteiger partial charge in [0, 0.05) is 17.8 Å². The summed E-state index contributed by atoms with van der Waals surface area (Å²) in [6.45, 7) is -1.02. The summed E-state index contributed by atoms with van der Waals surface area (Å²) in [4.78, 5) is 26.0. The molecule has 0 spiro atoms. The molecule has 5 nitrogen and oxygen atoms in total. The lowest BCUT2D eigenvalue weighted by Gasteiger charge is -2.18. The molecule has 8 heteroatoms. The van der Waals surface area contributed by atoms with Crippen LogP contribution in [0.3, 0.4) is 0 Å². The molecule has 0 saturated heterocycles. The number of amides is 1. The molecule has 0 aromatic heterocycles. The number of anilines is 1. The van der Waals surface area contributed by atoms with Gasteiger partial charge in [-0.3, -0.25) is 4.79 Å². The van der Waals surface area contributed by atoms with Crippen molar-refractivity contribution < 1.29 is 32.2 Å². The van der Waals surface area contributed by atoms with Crippen LogP contribution in [-0.4, -0.2) is 38.3 Å². The summed E-state index contributed by atoms with van der Waals surface area (Å²) in [6, 6.07) is 11.3. The van der Waals surface area contributed by atoms with E-state index in [1.165, 1.54) is 7.11 Å². The van der Waals surface area contributed by atoms with Gasteiger partial charge in [-0.25, -0.2) is 4.79 Å². The quantitative estimate of drug-likeness (QED) is 0.726. The van der Waals surface area contributed by atoms with Gasteiger partial charge in [-0.15, -0.1) is 0 Å². The second kappa shape index (κ2) is 8.02. The van der Waals surface area contributed by atoms with E-state index in [1.54, 1.807) is 47.4 Å². The number of fused-ring (bicyclic) bond motifs is 1. The van der Waals surface area contributed by atoms with Crippen molar-refractivity contribution in [2.75, 3.05) is 25.2 Å². The highest BCUT2D eigenvalue weighted by Crippen LogP contribution is 2.30. The zero-order valence-corrected chi connectivity index (χ0v) is 15.1. The highest BCUT2D eigenvalue weighted by atomic mass is 19.4. The molecule has 1 aliphatic heterocycles. The molecule has 1 aliphatic rings. The van der Waals surface area contributed by atoms with E-state index in [0.717, 1.165) is 11.3 Å². The fourth-order valence-electron chi connectivity index (χ4n) is 3.04. The average molecular weight is 393 g/mol. The summed E-state index contributed by atoms with van der Waals surface area (Å²) in [6.07, 6.45) is -3.75. The van der Waals surface area contributed by atoms with Gasteiger partial charge in [-0.2, -0.15) is 13.2 Å². The molecule has 0 radical (unpaired) electrons. The van der Waals surface area contributed by atoms with Gasteiger partial charge in [0.25, 0.3) is 5.91 Å². The van der Waals surface area contributed by atoms with Crippen LogP contribution in [0.2, 0.25) is 0 Å². The van der Waals surface area contributed by atoms with Crippen LogP contribution in [0, 0.1) is 0 Å². The first kappa shape index (κ1) is 19.9. The van der Waals surface area contributed by atoms with Crippen LogP contribution in [0.5, 0.6) is 0 Å². The zero-order valence-electron chi connectivity index (χ0n) is 15.1. The third-order valence-corrected chi connectivity index (χ3v) is 4.38. The minimum absolute atomic E-state index is 0.184. The summed E-state index contributed by atoms with van der Waals surface area (Å²) in [7, 11) is 1.31. The van der Waals surface area contributed by atoms with E-state index in [4.69, 9.17) is 4.74 Å². The van der Waals surface area contributed by atoms with Crippen molar-refractivity contribution in [1.82, 2.24) is 0 Å². The summed E-state index contributed by atoms with van der Waals surface area (Å²) >= 11 is 0. The molecule has 2 aromatic carbocycles. The molecule has 0 saturated carbocycles. The molecule has 28 heavy (non-hydrogen) atoms. The highest BCUT2D eigenvalue weighted by Gasteiger charge is 2.28. The predicted octanol–water partition coefficient (Wildman–Crippen LogP) is 3.76. The van der Waals surface area contributed by atoms with Gasteiger partial charge in [0.2, 0.25) is 0 Å². The fraction of sp³-hybridized carbons (Fsp3) is 0.300. The van der Waals surface area contributed by atoms with Crippen molar-refractivity contribution in [3.8, 4) is 0 Å². The molecule has 0 aliphatic carbocycles. The lowest BCUT2D eigenvalue weighted by molar-refractivity contribution is -0.176. The van der Waals surface area contributed by atoms with Gasteiger partial charge < -0.3 is 14.4 Å². The van der Waals surface area contributed by atoms with E-state index in [2.05, 4.69) is 4.74 Å². The van der Waals surface area contributed by atoms with E-state index < -0.39 is 18.8 Å². The average Bonchev–Trinajstić information content (AvgIpc) is 3.09. The number of benzene rings is 2. The smallest absolute Gasteiger partial charge is 0.411 e. The Hall–Kier alpha value is -2.87. The molecule has 2 aromatic rings. The van der Waals surface area contributed by atoms with Gasteiger partial charge in [0.1, 0.15) is 6.61 Å². The van der Waals surface area contributed by atoms with Crippen LogP contribution in [0.4, 0.5) is 18.9 Å². The maximum atomic E-state index is 12.8. The van der Waals surface area contributed by atoms with Crippen LogP contribution in [0.25, 0.3) is 0 Å². The van der Waals surface area contributed by atoms with Crippen LogP contribution in [0.15, 0.2) is 42.5 Å². The van der Waals surface area contributed by atoms with Crippen molar-refractivity contribution in [3.05, 3.63) is 64.7 Å². The Bertz CT molecular complexity index is 878. The number of hydrogen-bond acceptors (Lipinski definition) is 4. The Kier molecular flexibility index (Phi) is 5.69. The van der Waals surface area contributed by atoms with E-state index in [-0.39, 0.29) is 12.5 Å². The normalized spacial score (nSPS) is 13.4. The van der Waals surface area contributed by atoms with Crippen molar-refractivity contribution in [2.45, 2.75) is 19.2 Å². The number of halogens is 3. The number of nitrogens with zero attached hydrogens (tertiary/aromatic N) is 1. The molecule has 0 bridgehead atoms. The number of carbonyl (C=O) groups excluding carboxylic acids is 2. The molecule has 0 unspecified atom stereocenters. The summed E-state index contributed by atoms with van der Waals surface area (Å²) in [5, 5.41) is 0. The van der Waals surface area contributed by atoms with Gasteiger partial charge in [-0.05, 0) is 47.9 Å². The van der Waals surface area contributed by atoms with E-state index in [1.807, 2.05) is 0 Å². The first-order valence-electron chi connectivity index (χ1n) is 8.55. The van der Waals surface area contributed by atoms with E-state index in [9.17, 15) is 22.8 Å². The highest BCUT2D eigenvalue weighted by molar-refractivity contribution is 6.07. The zero-order chi connectivity index (χ0) is 20.3. The molecule has 0 N–H and O–H groups in total. The van der Waals surface area contributed by atoms with E-state index >= 15 is 0 Å². The van der Waals surface area contributed by atoms with Crippen LogP contribution < -0.4 is 4.90 Å². The van der Waals surface area contributed by atoms with Gasteiger partial charge in [0.05, 0.1) is 19.3 Å². The number of methoxy groups -OCH3 is 1. The topological polar surface area (TPSA) is 55.8 Å². The minimum atomic E-state index is -4.37. The summed E-state index contributed by atoms with van der Waals surface area (Å²) in [5.74, 6) is -0.650. The number of ether oxygens (including phenoxy) is 2.